The first-order valence-electron chi connectivity index (χ1n) is 5.13. The van der Waals surface area contributed by atoms with E-state index in [1.54, 1.807) is 0 Å². The number of alkyl halides is 2. The zero-order chi connectivity index (χ0) is 13.6. The van der Waals surface area contributed by atoms with E-state index in [-0.39, 0.29) is 11.3 Å². The molecule has 18 heavy (non-hydrogen) atoms. The molecule has 1 aromatic carbocycles. The highest BCUT2D eigenvalue weighted by molar-refractivity contribution is 5.83. The molecule has 0 atom stereocenters. The lowest BCUT2D eigenvalue weighted by molar-refractivity contribution is -0.384. The standard InChI is InChI=1S/C11H9F2NO4/c12-11(13)5-10(6-11,9(15)16)7-1-3-8(4-2-7)14(17)18/h1-4H,5-6H2,(H,15,16). The number of hydrogen-bond acceptors (Lipinski definition) is 3. The molecule has 7 heteroatoms. The Morgan fingerprint density at radius 2 is 1.78 bits per heavy atom. The molecule has 0 bridgehead atoms. The van der Waals surface area contributed by atoms with Gasteiger partial charge in [-0.15, -0.1) is 0 Å². The third kappa shape index (κ3) is 1.81. The summed E-state index contributed by atoms with van der Waals surface area (Å²) < 4.78 is 25.8. The van der Waals surface area contributed by atoms with E-state index in [1.165, 1.54) is 12.1 Å². The number of nitrogens with zero attached hydrogens (tertiary/aromatic N) is 1. The van der Waals surface area contributed by atoms with Crippen LogP contribution >= 0.6 is 0 Å². The molecular formula is C11H9F2NO4. The summed E-state index contributed by atoms with van der Waals surface area (Å²) in [5, 5.41) is 19.5. The third-order valence-corrected chi connectivity index (χ3v) is 3.16. The molecule has 1 fully saturated rings. The zero-order valence-electron chi connectivity index (χ0n) is 9.10. The van der Waals surface area contributed by atoms with Gasteiger partial charge in [0.15, 0.2) is 0 Å². The number of nitro groups is 1. The Bertz CT molecular complexity index is 504. The Balaban J connectivity index is 2.34. The van der Waals surface area contributed by atoms with E-state index in [0.717, 1.165) is 12.1 Å². The van der Waals surface area contributed by atoms with E-state index in [0.29, 0.717) is 0 Å². The first-order valence-corrected chi connectivity index (χ1v) is 5.13. The number of non-ortho nitro benzene ring substituents is 1. The van der Waals surface area contributed by atoms with Crippen LogP contribution in [0.2, 0.25) is 0 Å². The second-order valence-corrected chi connectivity index (χ2v) is 4.40. The average Bonchev–Trinajstić information content (AvgIpc) is 2.25. The first-order chi connectivity index (χ1) is 8.27. The fraction of sp³-hybridized carbons (Fsp3) is 0.364. The van der Waals surface area contributed by atoms with Crippen LogP contribution in [-0.2, 0) is 10.2 Å². The highest BCUT2D eigenvalue weighted by atomic mass is 19.3. The summed E-state index contributed by atoms with van der Waals surface area (Å²) in [6.07, 6.45) is -1.54. The van der Waals surface area contributed by atoms with Crippen molar-refractivity contribution in [2.24, 2.45) is 0 Å². The van der Waals surface area contributed by atoms with Gasteiger partial charge in [0.05, 0.1) is 4.92 Å². The van der Waals surface area contributed by atoms with Gasteiger partial charge in [-0.2, -0.15) is 0 Å². The normalized spacial score (nSPS) is 19.9. The van der Waals surface area contributed by atoms with Crippen molar-refractivity contribution in [2.75, 3.05) is 0 Å². The van der Waals surface area contributed by atoms with E-state index in [4.69, 9.17) is 5.11 Å². The minimum atomic E-state index is -2.99. The van der Waals surface area contributed by atoms with Crippen molar-refractivity contribution < 1.29 is 23.6 Å². The van der Waals surface area contributed by atoms with E-state index in [2.05, 4.69) is 0 Å². The van der Waals surface area contributed by atoms with Crippen molar-refractivity contribution in [3.8, 4) is 0 Å². The minimum absolute atomic E-state index is 0.173. The summed E-state index contributed by atoms with van der Waals surface area (Å²) in [4.78, 5) is 21.0. The fourth-order valence-electron chi connectivity index (χ4n) is 2.21. The van der Waals surface area contributed by atoms with E-state index in [1.807, 2.05) is 0 Å². The van der Waals surface area contributed by atoms with Crippen LogP contribution in [0.15, 0.2) is 24.3 Å². The molecule has 0 aliphatic heterocycles. The molecule has 1 aliphatic carbocycles. The molecule has 1 saturated carbocycles. The van der Waals surface area contributed by atoms with Crippen LogP contribution in [0.4, 0.5) is 14.5 Å². The van der Waals surface area contributed by atoms with Gasteiger partial charge in [0.2, 0.25) is 0 Å². The van der Waals surface area contributed by atoms with Gasteiger partial charge in [-0.05, 0) is 5.56 Å². The molecule has 0 aromatic heterocycles. The predicted octanol–water partition coefficient (Wildman–Crippen LogP) is 2.35. The molecule has 5 nitrogen and oxygen atoms in total. The van der Waals surface area contributed by atoms with Crippen molar-refractivity contribution in [1.29, 1.82) is 0 Å². The van der Waals surface area contributed by atoms with Gasteiger partial charge in [0.1, 0.15) is 5.41 Å². The topological polar surface area (TPSA) is 80.4 Å². The smallest absolute Gasteiger partial charge is 0.314 e. The Labute approximate surface area is 100 Å². The van der Waals surface area contributed by atoms with Crippen molar-refractivity contribution in [3.05, 3.63) is 39.9 Å². The maximum absolute atomic E-state index is 12.9. The van der Waals surface area contributed by atoms with Crippen LogP contribution in [0.5, 0.6) is 0 Å². The molecule has 0 amide bonds. The second-order valence-electron chi connectivity index (χ2n) is 4.40. The third-order valence-electron chi connectivity index (χ3n) is 3.16. The number of halogens is 2. The van der Waals surface area contributed by atoms with Crippen molar-refractivity contribution in [2.45, 2.75) is 24.2 Å². The van der Waals surface area contributed by atoms with Crippen molar-refractivity contribution in [1.82, 2.24) is 0 Å². The number of carbonyl (C=O) groups is 1. The SMILES string of the molecule is O=C(O)C1(c2ccc([N+](=O)[O-])cc2)CC(F)(F)C1. The maximum Gasteiger partial charge on any atom is 0.314 e. The number of carboxylic acid groups (broad SMARTS) is 1. The van der Waals surface area contributed by atoms with Gasteiger partial charge >= 0.3 is 5.97 Å². The van der Waals surface area contributed by atoms with Gasteiger partial charge in [0.25, 0.3) is 11.6 Å². The molecule has 1 N–H and O–H groups in total. The molecule has 0 heterocycles. The maximum atomic E-state index is 12.9. The van der Waals surface area contributed by atoms with Crippen LogP contribution in [0.25, 0.3) is 0 Å². The minimum Gasteiger partial charge on any atom is -0.481 e. The van der Waals surface area contributed by atoms with Crippen LogP contribution in [-0.4, -0.2) is 21.9 Å². The van der Waals surface area contributed by atoms with Crippen LogP contribution in [0, 0.1) is 10.1 Å². The Hall–Kier alpha value is -2.05. The van der Waals surface area contributed by atoms with Gasteiger partial charge in [-0.3, -0.25) is 14.9 Å². The first kappa shape index (κ1) is 12.4. The summed E-state index contributed by atoms with van der Waals surface area (Å²) >= 11 is 0. The Morgan fingerprint density at radius 3 is 2.11 bits per heavy atom. The molecule has 0 unspecified atom stereocenters. The molecule has 1 aromatic rings. The van der Waals surface area contributed by atoms with Crippen molar-refractivity contribution in [3.63, 3.8) is 0 Å². The number of aliphatic carboxylic acids is 1. The van der Waals surface area contributed by atoms with Gasteiger partial charge in [-0.1, -0.05) is 12.1 Å². The van der Waals surface area contributed by atoms with Gasteiger partial charge in [0, 0.05) is 25.0 Å². The summed E-state index contributed by atoms with van der Waals surface area (Å²) in [5.74, 6) is -4.32. The highest BCUT2D eigenvalue weighted by Gasteiger charge is 2.62. The second kappa shape index (κ2) is 3.72. The Morgan fingerprint density at radius 1 is 1.28 bits per heavy atom. The fourth-order valence-corrected chi connectivity index (χ4v) is 2.21. The molecule has 0 spiro atoms. The lowest BCUT2D eigenvalue weighted by atomic mass is 9.62. The molecule has 0 saturated heterocycles. The Kier molecular flexibility index (Phi) is 2.57. The highest BCUT2D eigenvalue weighted by Crippen LogP contribution is 2.53. The van der Waals surface area contributed by atoms with E-state index in [9.17, 15) is 23.7 Å². The predicted molar refractivity (Wildman–Crippen MR) is 56.6 cm³/mol. The molecule has 2 rings (SSSR count). The molecular weight excluding hydrogens is 248 g/mol. The monoisotopic (exact) mass is 257 g/mol. The van der Waals surface area contributed by atoms with Crippen LogP contribution < -0.4 is 0 Å². The summed E-state index contributed by atoms with van der Waals surface area (Å²) in [6.45, 7) is 0. The zero-order valence-corrected chi connectivity index (χ0v) is 9.10. The quantitative estimate of drug-likeness (QED) is 0.665. The van der Waals surface area contributed by atoms with Crippen LogP contribution in [0.1, 0.15) is 18.4 Å². The lowest BCUT2D eigenvalue weighted by Gasteiger charge is -2.44. The number of carboxylic acids is 1. The van der Waals surface area contributed by atoms with Crippen molar-refractivity contribution >= 4 is 11.7 Å². The number of nitro benzene ring substituents is 1. The largest absolute Gasteiger partial charge is 0.481 e. The summed E-state index contributed by atoms with van der Waals surface area (Å²) in [6, 6.07) is 4.69. The number of benzene rings is 1. The average molecular weight is 257 g/mol. The number of hydrogen-bond donors (Lipinski definition) is 1. The van der Waals surface area contributed by atoms with E-state index < -0.39 is 35.1 Å². The van der Waals surface area contributed by atoms with E-state index >= 15 is 0 Å². The summed E-state index contributed by atoms with van der Waals surface area (Å²) in [5.41, 5.74) is -1.66. The van der Waals surface area contributed by atoms with Gasteiger partial charge < -0.3 is 5.11 Å². The lowest BCUT2D eigenvalue weighted by Crippen LogP contribution is -2.54. The molecule has 96 valence electrons. The van der Waals surface area contributed by atoms with Gasteiger partial charge in [-0.25, -0.2) is 8.78 Å². The molecule has 1 aliphatic rings. The van der Waals surface area contributed by atoms with Crippen LogP contribution in [0.3, 0.4) is 0 Å². The number of rotatable bonds is 3. The molecule has 0 radical (unpaired) electrons. The summed E-state index contributed by atoms with van der Waals surface area (Å²) in [7, 11) is 0.